The van der Waals surface area contributed by atoms with E-state index in [4.69, 9.17) is 9.47 Å². The van der Waals surface area contributed by atoms with Crippen LogP contribution < -0.4 is 0 Å². The summed E-state index contributed by atoms with van der Waals surface area (Å²) in [4.78, 5) is 11.6. The molecule has 0 amide bonds. The monoisotopic (exact) mass is 211 g/mol. The SMILES string of the molecule is COC(=O)C(C)(C)C1(C#N)CCCCO1. The van der Waals surface area contributed by atoms with E-state index in [1.54, 1.807) is 13.8 Å². The molecule has 84 valence electrons. The molecule has 0 aliphatic carbocycles. The highest BCUT2D eigenvalue weighted by molar-refractivity contribution is 5.78. The molecule has 1 saturated heterocycles. The van der Waals surface area contributed by atoms with Crippen LogP contribution in [-0.2, 0) is 14.3 Å². The molecule has 4 nitrogen and oxygen atoms in total. The Morgan fingerprint density at radius 1 is 1.53 bits per heavy atom. The van der Waals surface area contributed by atoms with Gasteiger partial charge in [0.05, 0.1) is 13.2 Å². The lowest BCUT2D eigenvalue weighted by Crippen LogP contribution is -2.52. The van der Waals surface area contributed by atoms with E-state index in [1.807, 2.05) is 0 Å². The van der Waals surface area contributed by atoms with Crippen LogP contribution in [0.15, 0.2) is 0 Å². The van der Waals surface area contributed by atoms with E-state index in [-0.39, 0.29) is 0 Å². The van der Waals surface area contributed by atoms with E-state index in [0.29, 0.717) is 13.0 Å². The smallest absolute Gasteiger partial charge is 0.315 e. The molecule has 0 N–H and O–H groups in total. The van der Waals surface area contributed by atoms with Crippen LogP contribution in [0.4, 0.5) is 0 Å². The molecule has 4 heteroatoms. The Kier molecular flexibility index (Phi) is 3.35. The lowest BCUT2D eigenvalue weighted by atomic mass is 9.71. The number of nitriles is 1. The maximum atomic E-state index is 11.6. The van der Waals surface area contributed by atoms with Gasteiger partial charge in [0.15, 0.2) is 5.60 Å². The number of methoxy groups -OCH3 is 1. The van der Waals surface area contributed by atoms with Crippen molar-refractivity contribution < 1.29 is 14.3 Å². The number of hydrogen-bond acceptors (Lipinski definition) is 4. The fraction of sp³-hybridized carbons (Fsp3) is 0.818. The molecule has 1 atom stereocenters. The van der Waals surface area contributed by atoms with Gasteiger partial charge in [0.2, 0.25) is 0 Å². The zero-order valence-electron chi connectivity index (χ0n) is 9.50. The van der Waals surface area contributed by atoms with Crippen LogP contribution in [0.5, 0.6) is 0 Å². The first-order valence-corrected chi connectivity index (χ1v) is 5.14. The fourth-order valence-electron chi connectivity index (χ4n) is 1.94. The molecular formula is C11H17NO3. The van der Waals surface area contributed by atoms with Crippen molar-refractivity contribution in [3.8, 4) is 6.07 Å². The summed E-state index contributed by atoms with van der Waals surface area (Å²) >= 11 is 0. The van der Waals surface area contributed by atoms with Gasteiger partial charge in [-0.3, -0.25) is 4.79 Å². The number of hydrogen-bond donors (Lipinski definition) is 0. The van der Waals surface area contributed by atoms with Gasteiger partial charge in [0.25, 0.3) is 0 Å². The minimum atomic E-state index is -1.03. The normalized spacial score (nSPS) is 26.8. The fourth-order valence-corrected chi connectivity index (χ4v) is 1.94. The van der Waals surface area contributed by atoms with Crippen molar-refractivity contribution in [2.24, 2.45) is 5.41 Å². The number of esters is 1. The van der Waals surface area contributed by atoms with Crippen LogP contribution in [0.25, 0.3) is 0 Å². The predicted molar refractivity (Wildman–Crippen MR) is 53.9 cm³/mol. The van der Waals surface area contributed by atoms with Gasteiger partial charge in [-0.15, -0.1) is 0 Å². The number of rotatable bonds is 2. The standard InChI is InChI=1S/C11H17NO3/c1-10(2,9(13)14-3)11(8-12)6-4-5-7-15-11/h4-7H2,1-3H3. The van der Waals surface area contributed by atoms with E-state index >= 15 is 0 Å². The molecule has 0 aromatic heterocycles. The summed E-state index contributed by atoms with van der Waals surface area (Å²) in [5.41, 5.74) is -1.95. The summed E-state index contributed by atoms with van der Waals surface area (Å²) in [7, 11) is 1.33. The highest BCUT2D eigenvalue weighted by Gasteiger charge is 2.53. The number of ether oxygens (including phenoxy) is 2. The van der Waals surface area contributed by atoms with E-state index in [9.17, 15) is 10.1 Å². The van der Waals surface area contributed by atoms with Gasteiger partial charge >= 0.3 is 5.97 Å². The Balaban J connectivity index is 2.99. The second-order valence-electron chi connectivity index (χ2n) is 4.36. The molecule has 0 saturated carbocycles. The predicted octanol–water partition coefficient (Wildman–Crippen LogP) is 1.65. The lowest BCUT2D eigenvalue weighted by molar-refractivity contribution is -0.173. The largest absolute Gasteiger partial charge is 0.468 e. The summed E-state index contributed by atoms with van der Waals surface area (Å²) < 4.78 is 10.3. The van der Waals surface area contributed by atoms with Crippen LogP contribution in [0.1, 0.15) is 33.1 Å². The van der Waals surface area contributed by atoms with Crippen LogP contribution in [-0.4, -0.2) is 25.3 Å². The van der Waals surface area contributed by atoms with Crippen molar-refractivity contribution in [2.75, 3.05) is 13.7 Å². The molecule has 1 fully saturated rings. The van der Waals surface area contributed by atoms with Gasteiger partial charge < -0.3 is 9.47 Å². The van der Waals surface area contributed by atoms with E-state index < -0.39 is 17.0 Å². The van der Waals surface area contributed by atoms with Crippen molar-refractivity contribution in [3.63, 3.8) is 0 Å². The van der Waals surface area contributed by atoms with Crippen molar-refractivity contribution >= 4 is 5.97 Å². The van der Waals surface area contributed by atoms with Crippen LogP contribution in [0.3, 0.4) is 0 Å². The van der Waals surface area contributed by atoms with Gasteiger partial charge in [0.1, 0.15) is 5.41 Å². The Morgan fingerprint density at radius 2 is 2.20 bits per heavy atom. The zero-order valence-corrected chi connectivity index (χ0v) is 9.50. The number of nitrogens with zero attached hydrogens (tertiary/aromatic N) is 1. The molecule has 0 radical (unpaired) electrons. The molecule has 0 spiro atoms. The molecule has 1 rings (SSSR count). The Bertz CT molecular complexity index is 285. The van der Waals surface area contributed by atoms with Gasteiger partial charge in [0, 0.05) is 6.61 Å². The van der Waals surface area contributed by atoms with E-state index in [1.165, 1.54) is 7.11 Å². The van der Waals surface area contributed by atoms with Gasteiger partial charge in [-0.2, -0.15) is 5.26 Å². The minimum absolute atomic E-state index is 0.397. The average molecular weight is 211 g/mol. The first-order chi connectivity index (χ1) is 7.00. The molecule has 1 aliphatic heterocycles. The second-order valence-corrected chi connectivity index (χ2v) is 4.36. The van der Waals surface area contributed by atoms with Crippen molar-refractivity contribution in [2.45, 2.75) is 38.7 Å². The lowest BCUT2D eigenvalue weighted by Gasteiger charge is -2.41. The van der Waals surface area contributed by atoms with Gasteiger partial charge in [-0.05, 0) is 33.1 Å². The number of carbonyl (C=O) groups is 1. The second kappa shape index (κ2) is 4.19. The molecule has 1 aliphatic rings. The number of carbonyl (C=O) groups excluding carboxylic acids is 1. The molecule has 1 unspecified atom stereocenters. The van der Waals surface area contributed by atoms with Crippen LogP contribution >= 0.6 is 0 Å². The molecule has 1 heterocycles. The third-order valence-electron chi connectivity index (χ3n) is 3.16. The quantitative estimate of drug-likeness (QED) is 0.651. The summed E-state index contributed by atoms with van der Waals surface area (Å²) in [6.07, 6.45) is 2.44. The molecule has 0 aromatic rings. The summed E-state index contributed by atoms with van der Waals surface area (Å²) in [6, 6.07) is 2.15. The van der Waals surface area contributed by atoms with Crippen molar-refractivity contribution in [1.29, 1.82) is 5.26 Å². The Labute approximate surface area is 90.2 Å². The summed E-state index contributed by atoms with van der Waals surface area (Å²) in [6.45, 7) is 3.94. The van der Waals surface area contributed by atoms with Crippen LogP contribution in [0.2, 0.25) is 0 Å². The minimum Gasteiger partial charge on any atom is -0.468 e. The van der Waals surface area contributed by atoms with Gasteiger partial charge in [-0.1, -0.05) is 0 Å². The Hall–Kier alpha value is -1.08. The highest BCUT2D eigenvalue weighted by Crippen LogP contribution is 2.41. The van der Waals surface area contributed by atoms with Gasteiger partial charge in [-0.25, -0.2) is 0 Å². The molecule has 0 aromatic carbocycles. The third-order valence-corrected chi connectivity index (χ3v) is 3.16. The first kappa shape index (κ1) is 12.0. The third kappa shape index (κ3) is 1.84. The van der Waals surface area contributed by atoms with E-state index in [2.05, 4.69) is 6.07 Å². The molecule has 0 bridgehead atoms. The zero-order chi connectivity index (χ0) is 11.5. The topological polar surface area (TPSA) is 59.3 Å². The molecule has 15 heavy (non-hydrogen) atoms. The maximum absolute atomic E-state index is 11.6. The van der Waals surface area contributed by atoms with Crippen molar-refractivity contribution in [1.82, 2.24) is 0 Å². The highest BCUT2D eigenvalue weighted by atomic mass is 16.5. The molecular weight excluding hydrogens is 194 g/mol. The first-order valence-electron chi connectivity index (χ1n) is 5.14. The summed E-state index contributed by atoms with van der Waals surface area (Å²) in [5, 5.41) is 9.24. The average Bonchev–Trinajstić information content (AvgIpc) is 2.28. The van der Waals surface area contributed by atoms with Crippen LogP contribution in [0, 0.1) is 16.7 Å². The summed E-state index contributed by atoms with van der Waals surface area (Å²) in [5.74, 6) is -0.397. The van der Waals surface area contributed by atoms with Crippen molar-refractivity contribution in [3.05, 3.63) is 0 Å². The Morgan fingerprint density at radius 3 is 2.60 bits per heavy atom. The van der Waals surface area contributed by atoms with E-state index in [0.717, 1.165) is 12.8 Å². The maximum Gasteiger partial charge on any atom is 0.315 e.